The molecule has 0 aliphatic carbocycles. The van der Waals surface area contributed by atoms with Crippen LogP contribution in [0.25, 0.3) is 0 Å². The van der Waals surface area contributed by atoms with Gasteiger partial charge in [-0.15, -0.1) is 4.91 Å². The van der Waals surface area contributed by atoms with Gasteiger partial charge in [0.2, 0.25) is 0 Å². The van der Waals surface area contributed by atoms with Crippen molar-refractivity contribution in [2.75, 3.05) is 0 Å². The lowest BCUT2D eigenvalue weighted by Gasteiger charge is -1.85. The zero-order chi connectivity index (χ0) is 5.70. The summed E-state index contributed by atoms with van der Waals surface area (Å²) >= 11 is 0. The number of nitroso groups, excluding NO2 is 1. The van der Waals surface area contributed by atoms with Crippen LogP contribution in [0.5, 0.6) is 0 Å². The van der Waals surface area contributed by atoms with Gasteiger partial charge in [-0.25, -0.2) is 0 Å². The third-order valence-corrected chi connectivity index (χ3v) is 0.663. The summed E-state index contributed by atoms with van der Waals surface area (Å²) in [5.41, 5.74) is 0. The second kappa shape index (κ2) is 3.29. The quantitative estimate of drug-likeness (QED) is 0.485. The van der Waals surface area contributed by atoms with Gasteiger partial charge < -0.3 is 0 Å². The fourth-order valence-corrected chi connectivity index (χ4v) is 0.189. The standard InChI is InChI=1S/C4H6N2O/c1-2-4(3-5)6-7/h4H,2H2,1H3. The second-order valence-corrected chi connectivity index (χ2v) is 1.16. The number of rotatable bonds is 2. The van der Waals surface area contributed by atoms with E-state index < -0.39 is 6.04 Å². The Labute approximate surface area is 41.9 Å². The molecule has 0 aliphatic heterocycles. The van der Waals surface area contributed by atoms with Crippen molar-refractivity contribution in [2.45, 2.75) is 19.4 Å². The lowest BCUT2D eigenvalue weighted by Crippen LogP contribution is -1.93. The van der Waals surface area contributed by atoms with Crippen molar-refractivity contribution in [3.63, 3.8) is 0 Å². The highest BCUT2D eigenvalue weighted by Gasteiger charge is 1.98. The fourth-order valence-electron chi connectivity index (χ4n) is 0.189. The van der Waals surface area contributed by atoms with Crippen LogP contribution in [0.4, 0.5) is 0 Å². The summed E-state index contributed by atoms with van der Waals surface area (Å²) in [6.45, 7) is 1.75. The molecule has 0 saturated heterocycles. The van der Waals surface area contributed by atoms with Crippen LogP contribution in [-0.4, -0.2) is 6.04 Å². The van der Waals surface area contributed by atoms with Crippen molar-refractivity contribution in [2.24, 2.45) is 5.18 Å². The zero-order valence-electron chi connectivity index (χ0n) is 4.09. The first-order valence-electron chi connectivity index (χ1n) is 2.07. The molecule has 0 aliphatic rings. The molecule has 0 rings (SSSR count). The smallest absolute Gasteiger partial charge is 0.178 e. The van der Waals surface area contributed by atoms with Crippen LogP contribution < -0.4 is 0 Å². The largest absolute Gasteiger partial charge is 0.196 e. The molecule has 38 valence electrons. The van der Waals surface area contributed by atoms with Crippen LogP contribution in [0.1, 0.15) is 13.3 Å². The van der Waals surface area contributed by atoms with E-state index in [4.69, 9.17) is 5.26 Å². The van der Waals surface area contributed by atoms with E-state index in [1.54, 1.807) is 13.0 Å². The van der Waals surface area contributed by atoms with Gasteiger partial charge in [0, 0.05) is 0 Å². The van der Waals surface area contributed by atoms with Gasteiger partial charge in [0.25, 0.3) is 0 Å². The van der Waals surface area contributed by atoms with Crippen LogP contribution in [0.2, 0.25) is 0 Å². The highest BCUT2D eigenvalue weighted by molar-refractivity contribution is 4.87. The van der Waals surface area contributed by atoms with E-state index in [-0.39, 0.29) is 0 Å². The Kier molecular flexibility index (Phi) is 2.86. The molecule has 0 aromatic rings. The Hall–Kier alpha value is -0.910. The molecule has 0 aromatic heterocycles. The van der Waals surface area contributed by atoms with Crippen LogP contribution in [0, 0.1) is 16.2 Å². The van der Waals surface area contributed by atoms with Gasteiger partial charge in [-0.1, -0.05) is 12.1 Å². The number of nitrogens with zero attached hydrogens (tertiary/aromatic N) is 2. The maximum atomic E-state index is 9.49. The topological polar surface area (TPSA) is 53.2 Å². The van der Waals surface area contributed by atoms with E-state index in [0.717, 1.165) is 0 Å². The molecule has 7 heavy (non-hydrogen) atoms. The second-order valence-electron chi connectivity index (χ2n) is 1.16. The van der Waals surface area contributed by atoms with Gasteiger partial charge in [-0.05, 0) is 6.42 Å². The molecule has 0 fully saturated rings. The van der Waals surface area contributed by atoms with Crippen molar-refractivity contribution in [1.29, 1.82) is 5.26 Å². The molecule has 3 heteroatoms. The zero-order valence-corrected chi connectivity index (χ0v) is 4.09. The van der Waals surface area contributed by atoms with Crippen LogP contribution in [-0.2, 0) is 0 Å². The van der Waals surface area contributed by atoms with Crippen molar-refractivity contribution < 1.29 is 0 Å². The number of hydrogen-bond donors (Lipinski definition) is 0. The summed E-state index contributed by atoms with van der Waals surface area (Å²) in [6, 6.07) is 1.08. The molecule has 0 spiro atoms. The monoisotopic (exact) mass is 98.0 g/mol. The molecule has 0 amide bonds. The van der Waals surface area contributed by atoms with Gasteiger partial charge >= 0.3 is 0 Å². The minimum absolute atomic E-state index is 0.514. The first-order valence-corrected chi connectivity index (χ1v) is 2.07. The van der Waals surface area contributed by atoms with Crippen molar-refractivity contribution in [1.82, 2.24) is 0 Å². The Morgan fingerprint density at radius 2 is 2.57 bits per heavy atom. The summed E-state index contributed by atoms with van der Waals surface area (Å²) in [5, 5.41) is 10.5. The predicted octanol–water partition coefficient (Wildman–Crippen LogP) is 1.05. The SMILES string of the molecule is CCC(C#N)N=O. The first kappa shape index (κ1) is 6.09. The van der Waals surface area contributed by atoms with Crippen molar-refractivity contribution in [3.8, 4) is 6.07 Å². The first-order chi connectivity index (χ1) is 3.35. The molecule has 0 saturated carbocycles. The van der Waals surface area contributed by atoms with Crippen molar-refractivity contribution in [3.05, 3.63) is 4.91 Å². The van der Waals surface area contributed by atoms with E-state index in [2.05, 4.69) is 5.18 Å². The van der Waals surface area contributed by atoms with E-state index >= 15 is 0 Å². The summed E-state index contributed by atoms with van der Waals surface area (Å²) in [7, 11) is 0. The Bertz CT molecular complexity index is 94.4. The van der Waals surface area contributed by atoms with Gasteiger partial charge in [0.1, 0.15) is 0 Å². The van der Waals surface area contributed by atoms with E-state index in [9.17, 15) is 4.91 Å². The predicted molar refractivity (Wildman–Crippen MR) is 25.5 cm³/mol. The highest BCUT2D eigenvalue weighted by Crippen LogP contribution is 1.91. The summed E-state index contributed by atoms with van der Waals surface area (Å²) in [5.74, 6) is 0. The fraction of sp³-hybridized carbons (Fsp3) is 0.750. The van der Waals surface area contributed by atoms with Gasteiger partial charge in [-0.3, -0.25) is 0 Å². The van der Waals surface area contributed by atoms with Gasteiger partial charge in [-0.2, -0.15) is 5.26 Å². The molecule has 0 aromatic carbocycles. The Morgan fingerprint density at radius 3 is 2.57 bits per heavy atom. The number of nitriles is 1. The highest BCUT2D eigenvalue weighted by atomic mass is 16.3. The summed E-state index contributed by atoms with van der Waals surface area (Å²) in [6.07, 6.45) is 0.514. The Balaban J connectivity index is 3.43. The van der Waals surface area contributed by atoms with E-state index in [0.29, 0.717) is 6.42 Å². The molecule has 0 bridgehead atoms. The van der Waals surface area contributed by atoms with Gasteiger partial charge in [0.15, 0.2) is 6.04 Å². The maximum absolute atomic E-state index is 9.49. The van der Waals surface area contributed by atoms with Gasteiger partial charge in [0.05, 0.1) is 6.07 Å². The normalized spacial score (nSPS) is 12.0. The maximum Gasteiger partial charge on any atom is 0.178 e. The van der Waals surface area contributed by atoms with E-state index in [1.165, 1.54) is 0 Å². The van der Waals surface area contributed by atoms with Crippen LogP contribution in [0.15, 0.2) is 5.18 Å². The Morgan fingerprint density at radius 1 is 2.00 bits per heavy atom. The van der Waals surface area contributed by atoms with Crippen molar-refractivity contribution >= 4 is 0 Å². The molecular weight excluding hydrogens is 92.1 g/mol. The minimum atomic E-state index is -0.639. The van der Waals surface area contributed by atoms with Crippen LogP contribution >= 0.6 is 0 Å². The lowest BCUT2D eigenvalue weighted by atomic mass is 10.3. The average molecular weight is 98.1 g/mol. The third-order valence-electron chi connectivity index (χ3n) is 0.663. The lowest BCUT2D eigenvalue weighted by molar-refractivity contribution is 0.790. The molecule has 0 N–H and O–H groups in total. The van der Waals surface area contributed by atoms with E-state index in [1.807, 2.05) is 0 Å². The number of hydrogen-bond acceptors (Lipinski definition) is 3. The van der Waals surface area contributed by atoms with Crippen LogP contribution in [0.3, 0.4) is 0 Å². The molecule has 1 unspecified atom stereocenters. The average Bonchev–Trinajstić information content (AvgIpc) is 1.72. The molecule has 1 atom stereocenters. The molecule has 3 nitrogen and oxygen atoms in total. The third kappa shape index (κ3) is 1.88. The summed E-state index contributed by atoms with van der Waals surface area (Å²) < 4.78 is 0. The minimum Gasteiger partial charge on any atom is -0.196 e. The molecular formula is C4H6N2O. The molecule has 0 heterocycles. The summed E-state index contributed by atoms with van der Waals surface area (Å²) in [4.78, 5) is 9.49. The molecule has 0 radical (unpaired) electrons.